The molecule has 0 aliphatic rings. The second-order valence-corrected chi connectivity index (χ2v) is 7.24. The van der Waals surface area contributed by atoms with Crippen molar-refractivity contribution in [2.45, 2.75) is 13.8 Å². The van der Waals surface area contributed by atoms with Gasteiger partial charge in [-0.05, 0) is 64.5 Å². The Bertz CT molecular complexity index is 947. The highest BCUT2D eigenvalue weighted by molar-refractivity contribution is 9.10. The number of anilines is 2. The summed E-state index contributed by atoms with van der Waals surface area (Å²) in [6, 6.07) is 14.2. The van der Waals surface area contributed by atoms with E-state index in [0.717, 1.165) is 10.2 Å². The summed E-state index contributed by atoms with van der Waals surface area (Å²) in [5.74, 6) is -0.339. The molecular formula is C20H19BrN4O2. The van der Waals surface area contributed by atoms with Crippen LogP contribution in [0.15, 0.2) is 65.4 Å². The fraction of sp³-hybridized carbons (Fsp3) is 0.150. The predicted octanol–water partition coefficient (Wildman–Crippen LogP) is 4.48. The Morgan fingerprint density at radius 2 is 1.56 bits per heavy atom. The van der Waals surface area contributed by atoms with Gasteiger partial charge >= 0.3 is 0 Å². The number of carbonyl (C=O) groups excluding carboxylic acids is 2. The monoisotopic (exact) mass is 426 g/mol. The molecule has 0 spiro atoms. The third-order valence-corrected chi connectivity index (χ3v) is 4.29. The number of hydrogen-bond donors (Lipinski definition) is 2. The second kappa shape index (κ2) is 8.18. The molecule has 2 aromatic carbocycles. The van der Waals surface area contributed by atoms with Gasteiger partial charge in [0.1, 0.15) is 0 Å². The van der Waals surface area contributed by atoms with E-state index in [2.05, 4.69) is 31.7 Å². The maximum absolute atomic E-state index is 12.4. The summed E-state index contributed by atoms with van der Waals surface area (Å²) in [4.78, 5) is 24.1. The van der Waals surface area contributed by atoms with Crippen molar-refractivity contribution < 1.29 is 9.59 Å². The molecule has 0 unspecified atom stereocenters. The first-order valence-corrected chi connectivity index (χ1v) is 9.24. The third-order valence-electron chi connectivity index (χ3n) is 3.88. The van der Waals surface area contributed by atoms with Crippen molar-refractivity contribution in [3.63, 3.8) is 0 Å². The SMILES string of the molecule is CC(C)C(=O)Nc1ccc(NC(=O)c2ccc(-n3cc(Br)cn3)cc2)cc1. The molecule has 138 valence electrons. The van der Waals surface area contributed by atoms with Crippen molar-refractivity contribution in [1.82, 2.24) is 9.78 Å². The zero-order valence-corrected chi connectivity index (χ0v) is 16.5. The largest absolute Gasteiger partial charge is 0.326 e. The molecule has 0 fully saturated rings. The molecule has 6 nitrogen and oxygen atoms in total. The Hall–Kier alpha value is -2.93. The van der Waals surface area contributed by atoms with Crippen molar-refractivity contribution in [1.29, 1.82) is 0 Å². The zero-order chi connectivity index (χ0) is 19.4. The van der Waals surface area contributed by atoms with E-state index >= 15 is 0 Å². The Labute approximate surface area is 165 Å². The maximum atomic E-state index is 12.4. The van der Waals surface area contributed by atoms with Gasteiger partial charge in [-0.15, -0.1) is 0 Å². The van der Waals surface area contributed by atoms with E-state index in [1.54, 1.807) is 47.3 Å². The lowest BCUT2D eigenvalue weighted by Crippen LogP contribution is -2.17. The lowest BCUT2D eigenvalue weighted by atomic mass is 10.2. The molecule has 1 heterocycles. The molecule has 2 amide bonds. The van der Waals surface area contributed by atoms with Gasteiger partial charge < -0.3 is 10.6 Å². The minimum Gasteiger partial charge on any atom is -0.326 e. The van der Waals surface area contributed by atoms with E-state index in [-0.39, 0.29) is 17.7 Å². The molecule has 0 aliphatic carbocycles. The average molecular weight is 427 g/mol. The Morgan fingerprint density at radius 1 is 0.963 bits per heavy atom. The van der Waals surface area contributed by atoms with Gasteiger partial charge in [0.15, 0.2) is 0 Å². The van der Waals surface area contributed by atoms with Crippen LogP contribution in [0.4, 0.5) is 11.4 Å². The molecule has 3 aromatic rings. The quantitative estimate of drug-likeness (QED) is 0.631. The van der Waals surface area contributed by atoms with Crippen LogP contribution in [-0.2, 0) is 4.79 Å². The molecule has 3 rings (SSSR count). The minimum absolute atomic E-state index is 0.0453. The van der Waals surface area contributed by atoms with Gasteiger partial charge in [0.2, 0.25) is 5.91 Å². The van der Waals surface area contributed by atoms with Crippen molar-refractivity contribution >= 4 is 39.1 Å². The predicted molar refractivity (Wildman–Crippen MR) is 109 cm³/mol. The van der Waals surface area contributed by atoms with Gasteiger partial charge in [-0.1, -0.05) is 13.8 Å². The average Bonchev–Trinajstić information content (AvgIpc) is 3.09. The van der Waals surface area contributed by atoms with Gasteiger partial charge in [0.05, 0.1) is 16.4 Å². The Balaban J connectivity index is 1.64. The summed E-state index contributed by atoms with van der Waals surface area (Å²) in [5.41, 5.74) is 2.76. The van der Waals surface area contributed by atoms with Crippen LogP contribution in [0.2, 0.25) is 0 Å². The lowest BCUT2D eigenvalue weighted by Gasteiger charge is -2.10. The van der Waals surface area contributed by atoms with E-state index < -0.39 is 0 Å². The fourth-order valence-electron chi connectivity index (χ4n) is 2.33. The first-order valence-electron chi connectivity index (χ1n) is 8.45. The number of nitrogens with one attached hydrogen (secondary N) is 2. The van der Waals surface area contributed by atoms with Crippen LogP contribution in [0, 0.1) is 5.92 Å². The zero-order valence-electron chi connectivity index (χ0n) is 14.9. The van der Waals surface area contributed by atoms with E-state index in [4.69, 9.17) is 0 Å². The highest BCUT2D eigenvalue weighted by atomic mass is 79.9. The molecule has 7 heteroatoms. The molecule has 0 bridgehead atoms. The number of nitrogens with zero attached hydrogens (tertiary/aromatic N) is 2. The van der Waals surface area contributed by atoms with Crippen LogP contribution < -0.4 is 10.6 Å². The smallest absolute Gasteiger partial charge is 0.255 e. The molecule has 0 aliphatic heterocycles. The number of carbonyl (C=O) groups is 2. The van der Waals surface area contributed by atoms with Gasteiger partial charge in [0, 0.05) is 29.1 Å². The highest BCUT2D eigenvalue weighted by Crippen LogP contribution is 2.17. The van der Waals surface area contributed by atoms with E-state index in [0.29, 0.717) is 16.9 Å². The van der Waals surface area contributed by atoms with Crippen molar-refractivity contribution in [3.05, 3.63) is 71.0 Å². The van der Waals surface area contributed by atoms with Gasteiger partial charge in [-0.25, -0.2) is 4.68 Å². The highest BCUT2D eigenvalue weighted by Gasteiger charge is 2.09. The first-order chi connectivity index (χ1) is 12.9. The lowest BCUT2D eigenvalue weighted by molar-refractivity contribution is -0.118. The van der Waals surface area contributed by atoms with E-state index in [9.17, 15) is 9.59 Å². The van der Waals surface area contributed by atoms with Crippen LogP contribution in [0.25, 0.3) is 5.69 Å². The van der Waals surface area contributed by atoms with Crippen molar-refractivity contribution in [2.24, 2.45) is 5.92 Å². The minimum atomic E-state index is -0.206. The summed E-state index contributed by atoms with van der Waals surface area (Å²) >= 11 is 3.36. The van der Waals surface area contributed by atoms with Crippen LogP contribution in [0.1, 0.15) is 24.2 Å². The van der Waals surface area contributed by atoms with E-state index in [1.807, 2.05) is 32.2 Å². The van der Waals surface area contributed by atoms with Crippen LogP contribution >= 0.6 is 15.9 Å². The Morgan fingerprint density at radius 3 is 2.07 bits per heavy atom. The number of hydrogen-bond acceptors (Lipinski definition) is 3. The summed E-state index contributed by atoms with van der Waals surface area (Å²) < 4.78 is 2.60. The van der Waals surface area contributed by atoms with Gasteiger partial charge in [-0.2, -0.15) is 5.10 Å². The van der Waals surface area contributed by atoms with E-state index in [1.165, 1.54) is 0 Å². The molecule has 0 radical (unpaired) electrons. The molecule has 0 saturated carbocycles. The summed E-state index contributed by atoms with van der Waals surface area (Å²) in [6.45, 7) is 3.67. The standard InChI is InChI=1S/C20H19BrN4O2/c1-13(2)19(26)23-16-5-7-17(8-6-16)24-20(27)14-3-9-18(10-4-14)25-12-15(21)11-22-25/h3-13H,1-2H3,(H,23,26)(H,24,27). The summed E-state index contributed by atoms with van der Waals surface area (Å²) in [6.07, 6.45) is 3.54. The van der Waals surface area contributed by atoms with Gasteiger partial charge in [-0.3, -0.25) is 9.59 Å². The summed E-state index contributed by atoms with van der Waals surface area (Å²) in [7, 11) is 0. The molecule has 0 atom stereocenters. The fourth-order valence-corrected chi connectivity index (χ4v) is 2.62. The number of benzene rings is 2. The summed E-state index contributed by atoms with van der Waals surface area (Å²) in [5, 5.41) is 9.86. The normalized spacial score (nSPS) is 10.7. The molecule has 27 heavy (non-hydrogen) atoms. The molecule has 2 N–H and O–H groups in total. The van der Waals surface area contributed by atoms with Crippen LogP contribution in [0.3, 0.4) is 0 Å². The first kappa shape index (κ1) is 18.8. The molecular weight excluding hydrogens is 408 g/mol. The number of rotatable bonds is 5. The number of amides is 2. The van der Waals surface area contributed by atoms with Gasteiger partial charge in [0.25, 0.3) is 5.91 Å². The topological polar surface area (TPSA) is 76.0 Å². The Kier molecular flexibility index (Phi) is 5.71. The van der Waals surface area contributed by atoms with Crippen LogP contribution in [0.5, 0.6) is 0 Å². The number of aromatic nitrogens is 2. The van der Waals surface area contributed by atoms with Crippen molar-refractivity contribution in [2.75, 3.05) is 10.6 Å². The van der Waals surface area contributed by atoms with Crippen LogP contribution in [-0.4, -0.2) is 21.6 Å². The molecule has 1 aromatic heterocycles. The van der Waals surface area contributed by atoms with Crippen molar-refractivity contribution in [3.8, 4) is 5.69 Å². The number of halogens is 1. The molecule has 0 saturated heterocycles. The second-order valence-electron chi connectivity index (χ2n) is 6.33. The third kappa shape index (κ3) is 4.83. The maximum Gasteiger partial charge on any atom is 0.255 e.